The van der Waals surface area contributed by atoms with Gasteiger partial charge in [0.15, 0.2) is 0 Å². The van der Waals surface area contributed by atoms with Gasteiger partial charge in [-0.3, -0.25) is 0 Å². The predicted molar refractivity (Wildman–Crippen MR) is 66.2 cm³/mol. The third-order valence-corrected chi connectivity index (χ3v) is 2.12. The smallest absolute Gasteiger partial charge is 0.0590 e. The summed E-state index contributed by atoms with van der Waals surface area (Å²) in [4.78, 5) is 0. The molecule has 1 atom stereocenters. The Bertz CT molecular complexity index is 104. The first-order chi connectivity index (χ1) is 6.63. The summed E-state index contributed by atoms with van der Waals surface area (Å²) in [6.45, 7) is 10.2. The summed E-state index contributed by atoms with van der Waals surface area (Å²) in [5, 5.41) is 3.71. The van der Waals surface area contributed by atoms with E-state index in [1.165, 1.54) is 12.8 Å². The van der Waals surface area contributed by atoms with E-state index in [0.717, 1.165) is 32.2 Å². The fourth-order valence-electron chi connectivity index (χ4n) is 1.15. The van der Waals surface area contributed by atoms with E-state index in [1.54, 1.807) is 0 Å². The maximum absolute atomic E-state index is 5.48. The van der Waals surface area contributed by atoms with Crippen LogP contribution in [0, 0.1) is 5.92 Å². The fraction of sp³-hybridized carbons (Fsp3) is 1.00. The summed E-state index contributed by atoms with van der Waals surface area (Å²) < 4.78 is 5.48. The van der Waals surface area contributed by atoms with Gasteiger partial charge < -0.3 is 10.1 Å². The lowest BCUT2D eigenvalue weighted by Crippen LogP contribution is -2.25. The lowest BCUT2D eigenvalue weighted by molar-refractivity contribution is 0.130. The maximum atomic E-state index is 5.48. The Morgan fingerprint density at radius 2 is 1.93 bits per heavy atom. The van der Waals surface area contributed by atoms with E-state index in [9.17, 15) is 0 Å². The van der Waals surface area contributed by atoms with Gasteiger partial charge in [-0.1, -0.05) is 20.8 Å². The average Bonchev–Trinajstić information content (AvgIpc) is 2.08. The molecule has 86 valence electrons. The van der Waals surface area contributed by atoms with Gasteiger partial charge in [0.05, 0.1) is 6.61 Å². The Kier molecular flexibility index (Phi) is 10.0. The van der Waals surface area contributed by atoms with Crippen molar-refractivity contribution in [3.05, 3.63) is 0 Å². The van der Waals surface area contributed by atoms with E-state index in [1.807, 2.05) is 0 Å². The van der Waals surface area contributed by atoms with Gasteiger partial charge >= 0.3 is 0 Å². The van der Waals surface area contributed by atoms with Crippen LogP contribution in [0.25, 0.3) is 0 Å². The van der Waals surface area contributed by atoms with Crippen LogP contribution in [0.1, 0.15) is 33.6 Å². The highest BCUT2D eigenvalue weighted by Gasteiger charge is 1.95. The molecule has 0 aliphatic carbocycles. The average molecular weight is 219 g/mol. The molecule has 0 saturated carbocycles. The summed E-state index contributed by atoms with van der Waals surface area (Å²) >= 11 is 4.28. The molecule has 1 N–H and O–H groups in total. The minimum Gasteiger partial charge on any atom is -0.380 e. The molecule has 0 aromatic heterocycles. The molecular formula is C11H25NOS. The molecular weight excluding hydrogens is 194 g/mol. The molecule has 1 unspecified atom stereocenters. The Balaban J connectivity index is 2.92. The molecule has 0 saturated heterocycles. The van der Waals surface area contributed by atoms with Gasteiger partial charge in [0, 0.05) is 24.9 Å². The van der Waals surface area contributed by atoms with Crippen molar-refractivity contribution in [2.24, 2.45) is 5.92 Å². The largest absolute Gasteiger partial charge is 0.380 e. The number of rotatable bonds is 9. The van der Waals surface area contributed by atoms with Crippen LogP contribution in [-0.2, 0) is 4.74 Å². The molecule has 0 rings (SSSR count). The highest BCUT2D eigenvalue weighted by atomic mass is 32.1. The van der Waals surface area contributed by atoms with Crippen molar-refractivity contribution in [3.63, 3.8) is 0 Å². The van der Waals surface area contributed by atoms with Crippen LogP contribution in [0.5, 0.6) is 0 Å². The molecule has 14 heavy (non-hydrogen) atoms. The first-order valence-corrected chi connectivity index (χ1v) is 6.11. The number of hydrogen-bond donors (Lipinski definition) is 2. The number of ether oxygens (including phenoxy) is 1. The molecule has 2 nitrogen and oxygen atoms in total. The van der Waals surface area contributed by atoms with Crippen LogP contribution in [0.15, 0.2) is 0 Å². The summed E-state index contributed by atoms with van der Waals surface area (Å²) in [5.41, 5.74) is 0. The summed E-state index contributed by atoms with van der Waals surface area (Å²) in [6, 6.07) is 0. The first-order valence-electron chi connectivity index (χ1n) is 5.59. The van der Waals surface area contributed by atoms with Crippen LogP contribution >= 0.6 is 12.6 Å². The molecule has 0 radical (unpaired) electrons. The van der Waals surface area contributed by atoms with Crippen molar-refractivity contribution in [1.82, 2.24) is 5.32 Å². The van der Waals surface area contributed by atoms with Crippen molar-refractivity contribution in [1.29, 1.82) is 0 Å². The van der Waals surface area contributed by atoms with Crippen LogP contribution in [0.4, 0.5) is 0 Å². The van der Waals surface area contributed by atoms with Crippen LogP contribution in [0.2, 0.25) is 0 Å². The highest BCUT2D eigenvalue weighted by molar-refractivity contribution is 7.80. The summed E-state index contributed by atoms with van der Waals surface area (Å²) in [6.07, 6.45) is 2.45. The van der Waals surface area contributed by atoms with E-state index in [4.69, 9.17) is 4.74 Å². The minimum absolute atomic E-state index is 0.427. The van der Waals surface area contributed by atoms with Gasteiger partial charge in [-0.25, -0.2) is 0 Å². The quantitative estimate of drug-likeness (QED) is 0.459. The Morgan fingerprint density at radius 1 is 1.21 bits per heavy atom. The molecule has 3 heteroatoms. The van der Waals surface area contributed by atoms with Gasteiger partial charge in [0.1, 0.15) is 0 Å². The molecule has 0 heterocycles. The second-order valence-electron chi connectivity index (χ2n) is 4.20. The summed E-state index contributed by atoms with van der Waals surface area (Å²) in [5.74, 6) is 0.793. The van der Waals surface area contributed by atoms with Gasteiger partial charge in [-0.15, -0.1) is 0 Å². The minimum atomic E-state index is 0.427. The fourth-order valence-corrected chi connectivity index (χ4v) is 1.28. The predicted octanol–water partition coefficient (Wildman–Crippen LogP) is 2.35. The number of hydrogen-bond acceptors (Lipinski definition) is 3. The molecule has 0 amide bonds. The van der Waals surface area contributed by atoms with E-state index in [-0.39, 0.29) is 0 Å². The molecule has 0 spiro atoms. The van der Waals surface area contributed by atoms with Crippen molar-refractivity contribution in [2.75, 3.05) is 26.3 Å². The van der Waals surface area contributed by atoms with Crippen molar-refractivity contribution in [3.8, 4) is 0 Å². The third-order valence-electron chi connectivity index (χ3n) is 1.93. The Morgan fingerprint density at radius 3 is 2.50 bits per heavy atom. The maximum Gasteiger partial charge on any atom is 0.0590 e. The van der Waals surface area contributed by atoms with Crippen LogP contribution in [-0.4, -0.2) is 31.6 Å². The lowest BCUT2D eigenvalue weighted by atomic mass is 10.1. The van der Waals surface area contributed by atoms with E-state index < -0.39 is 0 Å². The van der Waals surface area contributed by atoms with Crippen LogP contribution < -0.4 is 5.32 Å². The van der Waals surface area contributed by atoms with Crippen molar-refractivity contribution in [2.45, 2.75) is 38.9 Å². The van der Waals surface area contributed by atoms with Crippen molar-refractivity contribution >= 4 is 12.6 Å². The second kappa shape index (κ2) is 9.81. The van der Waals surface area contributed by atoms with E-state index >= 15 is 0 Å². The lowest BCUT2D eigenvalue weighted by Gasteiger charge is -2.08. The van der Waals surface area contributed by atoms with Gasteiger partial charge in [-0.05, 0) is 18.8 Å². The molecule has 0 aliphatic rings. The number of nitrogens with one attached hydrogen (secondary N) is 1. The van der Waals surface area contributed by atoms with E-state index in [2.05, 4.69) is 38.7 Å². The summed E-state index contributed by atoms with van der Waals surface area (Å²) in [7, 11) is 0. The monoisotopic (exact) mass is 219 g/mol. The Labute approximate surface area is 94.2 Å². The topological polar surface area (TPSA) is 21.3 Å². The zero-order valence-electron chi connectivity index (χ0n) is 9.75. The Hall–Kier alpha value is 0.270. The number of thiol groups is 1. The standard InChI is InChI=1S/C11H25NOS/c1-10(2)5-4-7-13-8-6-12-9-11(3)14/h10-12,14H,4-9H2,1-3H3. The zero-order valence-corrected chi connectivity index (χ0v) is 10.6. The molecule has 0 bridgehead atoms. The van der Waals surface area contributed by atoms with Gasteiger partial charge in [0.25, 0.3) is 0 Å². The second-order valence-corrected chi connectivity index (χ2v) is 5.08. The first kappa shape index (κ1) is 14.3. The zero-order chi connectivity index (χ0) is 10.8. The third kappa shape index (κ3) is 12.3. The SMILES string of the molecule is CC(C)CCCOCCNCC(C)S. The molecule has 0 aliphatic heterocycles. The molecule has 0 aromatic rings. The van der Waals surface area contributed by atoms with Crippen molar-refractivity contribution < 1.29 is 4.74 Å². The normalized spacial score (nSPS) is 13.5. The van der Waals surface area contributed by atoms with Gasteiger partial charge in [0.2, 0.25) is 0 Å². The molecule has 0 aromatic carbocycles. The van der Waals surface area contributed by atoms with Crippen LogP contribution in [0.3, 0.4) is 0 Å². The molecule has 0 fully saturated rings. The van der Waals surface area contributed by atoms with E-state index in [0.29, 0.717) is 5.25 Å². The van der Waals surface area contributed by atoms with Gasteiger partial charge in [-0.2, -0.15) is 12.6 Å². The highest BCUT2D eigenvalue weighted by Crippen LogP contribution is 2.02.